The number of halogens is 2. The molecule has 106 valence electrons. The monoisotopic (exact) mass is 300 g/mol. The van der Waals surface area contributed by atoms with E-state index < -0.39 is 0 Å². The molecule has 1 unspecified atom stereocenters. The number of aromatic nitrogens is 1. The number of nitrogens with zero attached hydrogens (tertiary/aromatic N) is 1. The van der Waals surface area contributed by atoms with Crippen molar-refractivity contribution in [3.05, 3.63) is 28.0 Å². The molecule has 1 heterocycles. The van der Waals surface area contributed by atoms with Crippen LogP contribution in [0.4, 0.5) is 0 Å². The van der Waals surface area contributed by atoms with Crippen molar-refractivity contribution < 1.29 is 0 Å². The van der Waals surface area contributed by atoms with Crippen LogP contribution in [0.15, 0.2) is 12.3 Å². The van der Waals surface area contributed by atoms with Gasteiger partial charge >= 0.3 is 0 Å². The molecule has 4 heteroatoms. The van der Waals surface area contributed by atoms with Gasteiger partial charge in [-0.1, -0.05) is 55.8 Å². The van der Waals surface area contributed by atoms with Crippen molar-refractivity contribution in [1.82, 2.24) is 10.3 Å². The normalized spacial score (nSPS) is 17.8. The molecule has 2 rings (SSSR count). The van der Waals surface area contributed by atoms with Gasteiger partial charge in [-0.25, -0.2) is 0 Å². The van der Waals surface area contributed by atoms with Gasteiger partial charge < -0.3 is 5.32 Å². The average Bonchev–Trinajstić information content (AvgIpc) is 2.88. The fourth-order valence-electron chi connectivity index (χ4n) is 2.87. The summed E-state index contributed by atoms with van der Waals surface area (Å²) in [6.45, 7) is 3.18. The number of hydrogen-bond acceptors (Lipinski definition) is 2. The molecule has 0 spiro atoms. The van der Waals surface area contributed by atoms with Gasteiger partial charge in [0.2, 0.25) is 0 Å². The fraction of sp³-hybridized carbons (Fsp3) is 0.667. The molecular formula is C15H22Cl2N2. The van der Waals surface area contributed by atoms with Gasteiger partial charge in [0.05, 0.1) is 21.8 Å². The molecule has 1 aromatic heterocycles. The molecule has 0 aliphatic heterocycles. The smallest absolute Gasteiger partial charge is 0.0760 e. The Morgan fingerprint density at radius 1 is 1.37 bits per heavy atom. The molecule has 0 aromatic carbocycles. The third-order valence-corrected chi connectivity index (χ3v) is 4.36. The van der Waals surface area contributed by atoms with E-state index in [1.807, 2.05) is 0 Å². The lowest BCUT2D eigenvalue weighted by atomic mass is 9.96. The quantitative estimate of drug-likeness (QED) is 0.799. The predicted molar refractivity (Wildman–Crippen MR) is 81.9 cm³/mol. The van der Waals surface area contributed by atoms with Gasteiger partial charge in [-0.15, -0.1) is 0 Å². The highest BCUT2D eigenvalue weighted by Crippen LogP contribution is 2.34. The summed E-state index contributed by atoms with van der Waals surface area (Å²) >= 11 is 12.2. The van der Waals surface area contributed by atoms with Crippen LogP contribution in [0.3, 0.4) is 0 Å². The zero-order valence-corrected chi connectivity index (χ0v) is 13.0. The first-order valence-corrected chi connectivity index (χ1v) is 8.00. The minimum absolute atomic E-state index is 0.257. The topological polar surface area (TPSA) is 24.9 Å². The van der Waals surface area contributed by atoms with Crippen LogP contribution in [-0.4, -0.2) is 11.5 Å². The van der Waals surface area contributed by atoms with Crippen LogP contribution in [0.2, 0.25) is 10.0 Å². The van der Waals surface area contributed by atoms with E-state index in [2.05, 4.69) is 17.2 Å². The van der Waals surface area contributed by atoms with E-state index in [1.54, 1.807) is 12.3 Å². The van der Waals surface area contributed by atoms with E-state index in [9.17, 15) is 0 Å². The van der Waals surface area contributed by atoms with Crippen molar-refractivity contribution in [2.45, 2.75) is 51.5 Å². The summed E-state index contributed by atoms with van der Waals surface area (Å²) in [6.07, 6.45) is 9.36. The molecule has 1 fully saturated rings. The number of hydrogen-bond donors (Lipinski definition) is 1. The summed E-state index contributed by atoms with van der Waals surface area (Å²) in [5.41, 5.74) is 0.950. The Labute approximate surface area is 125 Å². The molecule has 1 aliphatic rings. The second kappa shape index (κ2) is 7.47. The first-order chi connectivity index (χ1) is 9.20. The molecule has 0 bridgehead atoms. The Bertz CT molecular complexity index is 403. The maximum Gasteiger partial charge on any atom is 0.0760 e. The molecular weight excluding hydrogens is 279 g/mol. The zero-order chi connectivity index (χ0) is 13.7. The van der Waals surface area contributed by atoms with E-state index in [0.29, 0.717) is 10.0 Å². The van der Waals surface area contributed by atoms with Crippen molar-refractivity contribution in [2.24, 2.45) is 5.92 Å². The first kappa shape index (κ1) is 15.1. The highest BCUT2D eigenvalue weighted by molar-refractivity contribution is 6.34. The number of pyridine rings is 1. The first-order valence-electron chi connectivity index (χ1n) is 7.25. The zero-order valence-electron chi connectivity index (χ0n) is 11.5. The Kier molecular flexibility index (Phi) is 5.93. The van der Waals surface area contributed by atoms with Crippen LogP contribution < -0.4 is 5.32 Å². The Morgan fingerprint density at radius 3 is 2.74 bits per heavy atom. The van der Waals surface area contributed by atoms with Gasteiger partial charge in [0.1, 0.15) is 0 Å². The van der Waals surface area contributed by atoms with Crippen LogP contribution in [0.1, 0.15) is 57.2 Å². The predicted octanol–water partition coefficient (Wildman–Crippen LogP) is 5.01. The Hall–Kier alpha value is -0.310. The minimum atomic E-state index is 0.257. The average molecular weight is 301 g/mol. The highest BCUT2D eigenvalue weighted by atomic mass is 35.5. The Morgan fingerprint density at radius 2 is 2.11 bits per heavy atom. The van der Waals surface area contributed by atoms with E-state index in [-0.39, 0.29) is 6.04 Å². The third-order valence-electron chi connectivity index (χ3n) is 3.85. The molecule has 1 saturated carbocycles. The lowest BCUT2D eigenvalue weighted by Crippen LogP contribution is -2.25. The highest BCUT2D eigenvalue weighted by Gasteiger charge is 2.23. The molecule has 0 saturated heterocycles. The summed E-state index contributed by atoms with van der Waals surface area (Å²) in [7, 11) is 0. The third kappa shape index (κ3) is 4.34. The van der Waals surface area contributed by atoms with Gasteiger partial charge in [-0.3, -0.25) is 4.98 Å². The second-order valence-corrected chi connectivity index (χ2v) is 6.26. The summed E-state index contributed by atoms with van der Waals surface area (Å²) in [5.74, 6) is 0.808. The lowest BCUT2D eigenvalue weighted by molar-refractivity contribution is 0.389. The van der Waals surface area contributed by atoms with E-state index in [4.69, 9.17) is 23.2 Å². The van der Waals surface area contributed by atoms with Crippen LogP contribution in [0.5, 0.6) is 0 Å². The summed E-state index contributed by atoms with van der Waals surface area (Å²) in [4.78, 5) is 4.45. The van der Waals surface area contributed by atoms with Gasteiger partial charge in [0, 0.05) is 6.20 Å². The van der Waals surface area contributed by atoms with E-state index in [1.165, 1.54) is 25.7 Å². The van der Waals surface area contributed by atoms with Crippen LogP contribution >= 0.6 is 23.2 Å². The van der Waals surface area contributed by atoms with Crippen LogP contribution in [0.25, 0.3) is 0 Å². The van der Waals surface area contributed by atoms with Crippen LogP contribution in [0, 0.1) is 5.92 Å². The van der Waals surface area contributed by atoms with Crippen molar-refractivity contribution in [2.75, 3.05) is 6.54 Å². The van der Waals surface area contributed by atoms with Crippen molar-refractivity contribution >= 4 is 23.2 Å². The molecule has 1 aromatic rings. The fourth-order valence-corrected chi connectivity index (χ4v) is 3.38. The number of rotatable bonds is 6. The second-order valence-electron chi connectivity index (χ2n) is 5.41. The molecule has 1 aliphatic carbocycles. The van der Waals surface area contributed by atoms with Gasteiger partial charge in [-0.05, 0) is 31.4 Å². The van der Waals surface area contributed by atoms with Gasteiger partial charge in [0.15, 0.2) is 0 Å². The summed E-state index contributed by atoms with van der Waals surface area (Å²) in [6, 6.07) is 2.05. The summed E-state index contributed by atoms with van der Waals surface area (Å²) < 4.78 is 0. The van der Waals surface area contributed by atoms with Crippen molar-refractivity contribution in [3.63, 3.8) is 0 Å². The molecule has 19 heavy (non-hydrogen) atoms. The summed E-state index contributed by atoms with van der Waals surface area (Å²) in [5, 5.41) is 4.86. The van der Waals surface area contributed by atoms with E-state index in [0.717, 1.165) is 31.0 Å². The standard InChI is InChI=1S/C15H22Cl2N2/c1-2-7-18-14(8-11-5-3-4-6-11)15-13(17)9-12(16)10-19-15/h9-11,14,18H,2-8H2,1H3. The molecule has 1 N–H and O–H groups in total. The van der Waals surface area contributed by atoms with Crippen molar-refractivity contribution in [3.8, 4) is 0 Å². The largest absolute Gasteiger partial charge is 0.309 e. The maximum absolute atomic E-state index is 6.30. The molecule has 2 nitrogen and oxygen atoms in total. The number of nitrogens with one attached hydrogen (secondary N) is 1. The maximum atomic E-state index is 6.30. The van der Waals surface area contributed by atoms with Crippen molar-refractivity contribution in [1.29, 1.82) is 0 Å². The molecule has 1 atom stereocenters. The van der Waals surface area contributed by atoms with E-state index >= 15 is 0 Å². The lowest BCUT2D eigenvalue weighted by Gasteiger charge is -2.22. The van der Waals surface area contributed by atoms with Gasteiger partial charge in [0.25, 0.3) is 0 Å². The SMILES string of the molecule is CCCNC(CC1CCCC1)c1ncc(Cl)cc1Cl. The van der Waals surface area contributed by atoms with Gasteiger partial charge in [-0.2, -0.15) is 0 Å². The molecule has 0 radical (unpaired) electrons. The Balaban J connectivity index is 2.10. The molecule has 0 amide bonds. The van der Waals surface area contributed by atoms with Crippen LogP contribution in [-0.2, 0) is 0 Å². The minimum Gasteiger partial charge on any atom is -0.309 e.